The fraction of sp³-hybridized carbons (Fsp3) is 0.846. The van der Waals surface area contributed by atoms with Crippen LogP contribution in [0.4, 0.5) is 0 Å². The van der Waals surface area contributed by atoms with Crippen LogP contribution < -0.4 is 0 Å². The molecule has 5 nitrogen and oxygen atoms in total. The maximum Gasteiger partial charge on any atom is 0.185 e. The Morgan fingerprint density at radius 2 is 1.69 bits per heavy atom. The van der Waals surface area contributed by atoms with Crippen LogP contribution >= 0.6 is 0 Å². The van der Waals surface area contributed by atoms with Gasteiger partial charge in [-0.3, -0.25) is 0 Å². The van der Waals surface area contributed by atoms with Gasteiger partial charge in [-0.1, -0.05) is 29.7 Å². The van der Waals surface area contributed by atoms with Gasteiger partial charge in [-0.15, -0.1) is 0 Å². The highest BCUT2D eigenvalue weighted by Crippen LogP contribution is 2.68. The van der Waals surface area contributed by atoms with Crippen molar-refractivity contribution >= 4 is 19.7 Å². The van der Waals surface area contributed by atoms with Crippen LogP contribution in [0.15, 0.2) is 22.0 Å². The van der Waals surface area contributed by atoms with Gasteiger partial charge >= 0.3 is 0 Å². The van der Waals surface area contributed by atoms with Crippen LogP contribution in [0.3, 0.4) is 0 Å². The van der Waals surface area contributed by atoms with Crippen LogP contribution in [-0.2, 0) is 14.1 Å². The minimum atomic E-state index is -1.78. The molecule has 0 radical (unpaired) electrons. The Bertz CT molecular complexity index is 831. The molecule has 0 aromatic carbocycles. The average molecular weight is 461 g/mol. The number of nitrogens with zero attached hydrogens (tertiary/aromatic N) is 2. The molecule has 6 atom stereocenters. The minimum absolute atomic E-state index is 0.121. The molecule has 0 unspecified atom stereocenters. The van der Waals surface area contributed by atoms with Crippen molar-refractivity contribution in [2.75, 3.05) is 14.2 Å². The van der Waals surface area contributed by atoms with Crippen molar-refractivity contribution in [2.24, 2.45) is 38.9 Å². The lowest BCUT2D eigenvalue weighted by Crippen LogP contribution is -2.60. The zero-order valence-corrected chi connectivity index (χ0v) is 22.6. The Kier molecular flexibility index (Phi) is 6.20. The van der Waals surface area contributed by atoms with E-state index < -0.39 is 8.32 Å². The number of allylic oxidation sites excluding steroid dienone is 2. The third-order valence-electron chi connectivity index (χ3n) is 9.60. The van der Waals surface area contributed by atoms with Crippen molar-refractivity contribution < 1.29 is 14.1 Å². The van der Waals surface area contributed by atoms with Crippen LogP contribution in [0.2, 0.25) is 19.6 Å². The molecule has 4 aliphatic carbocycles. The molecule has 0 spiro atoms. The first kappa shape index (κ1) is 24.0. The van der Waals surface area contributed by atoms with E-state index in [0.717, 1.165) is 36.1 Å². The summed E-state index contributed by atoms with van der Waals surface area (Å²) >= 11 is 0. The van der Waals surface area contributed by atoms with Gasteiger partial charge in [0.1, 0.15) is 19.8 Å². The fourth-order valence-electron chi connectivity index (χ4n) is 8.33. The lowest BCUT2D eigenvalue weighted by Gasteiger charge is -2.60. The van der Waals surface area contributed by atoms with E-state index in [1.165, 1.54) is 38.5 Å². The largest absolute Gasteiger partial charge is 0.406 e. The summed E-state index contributed by atoms with van der Waals surface area (Å²) in [6, 6.07) is 0. The molecule has 32 heavy (non-hydrogen) atoms. The Morgan fingerprint density at radius 1 is 0.969 bits per heavy atom. The first-order chi connectivity index (χ1) is 15.0. The van der Waals surface area contributed by atoms with Crippen LogP contribution in [0.1, 0.15) is 72.1 Å². The molecular formula is C26H44N2O3Si. The van der Waals surface area contributed by atoms with Gasteiger partial charge in [-0.25, -0.2) is 0 Å². The second-order valence-corrected chi connectivity index (χ2v) is 16.6. The highest BCUT2D eigenvalue weighted by atomic mass is 28.4. The van der Waals surface area contributed by atoms with E-state index in [-0.39, 0.29) is 11.0 Å². The van der Waals surface area contributed by atoms with Gasteiger partial charge in [0.15, 0.2) is 8.32 Å². The lowest BCUT2D eigenvalue weighted by atomic mass is 9.46. The van der Waals surface area contributed by atoms with Crippen molar-refractivity contribution in [3.05, 3.63) is 11.6 Å². The summed E-state index contributed by atoms with van der Waals surface area (Å²) in [6.07, 6.45) is 11.9. The maximum absolute atomic E-state index is 7.11. The third kappa shape index (κ3) is 3.60. The minimum Gasteiger partial charge on any atom is -0.406 e. The highest BCUT2D eigenvalue weighted by molar-refractivity contribution is 6.70. The number of fused-ring (bicyclic) bond motifs is 5. The molecule has 0 aromatic heterocycles. The van der Waals surface area contributed by atoms with Crippen molar-refractivity contribution in [3.8, 4) is 0 Å². The van der Waals surface area contributed by atoms with E-state index in [2.05, 4.69) is 56.8 Å². The van der Waals surface area contributed by atoms with Gasteiger partial charge in [-0.05, 0) is 107 Å². The molecule has 0 amide bonds. The molecule has 180 valence electrons. The molecule has 6 heteroatoms. The summed E-state index contributed by atoms with van der Waals surface area (Å²) < 4.78 is 7.11. The molecule has 3 fully saturated rings. The Hall–Kier alpha value is -1.14. The fourth-order valence-corrected chi connectivity index (χ4v) is 9.86. The molecule has 0 N–H and O–H groups in total. The molecule has 0 bridgehead atoms. The van der Waals surface area contributed by atoms with Gasteiger partial charge in [0.25, 0.3) is 0 Å². The van der Waals surface area contributed by atoms with Crippen LogP contribution in [0.5, 0.6) is 0 Å². The van der Waals surface area contributed by atoms with Gasteiger partial charge in [0.05, 0.1) is 11.4 Å². The van der Waals surface area contributed by atoms with Crippen molar-refractivity contribution in [1.29, 1.82) is 0 Å². The molecule has 0 aromatic rings. The first-order valence-electron chi connectivity index (χ1n) is 12.6. The van der Waals surface area contributed by atoms with E-state index in [9.17, 15) is 0 Å². The standard InChI is InChI=1S/C26H44N2O3Si/c1-18(27-29-4)26(31-32(6,7)8)16-13-23-21-10-9-19-17-20(28-30-5)11-14-24(19,2)22(21)12-15-25(23,26)3/h17,21-23H,9-16H2,1-8H3/b27-18+,28-20+/t21-,22+,23+,24+,25+,26+/m1/s1. The van der Waals surface area contributed by atoms with E-state index in [1.54, 1.807) is 19.8 Å². The average Bonchev–Trinajstić information content (AvgIpc) is 3.00. The van der Waals surface area contributed by atoms with Crippen molar-refractivity contribution in [2.45, 2.75) is 97.4 Å². The summed E-state index contributed by atoms with van der Waals surface area (Å²) in [5.74, 6) is 2.21. The SMILES string of the molecule is CO/N=C1/C=C2CC[C@@H]3[C@H](CC[C@@]4(C)[C@H]3CC[C@]4(O[Si](C)(C)C)/C(C)=N/OC)[C@@]2(C)CC1. The van der Waals surface area contributed by atoms with Gasteiger partial charge in [0, 0.05) is 5.41 Å². The first-order valence-corrected chi connectivity index (χ1v) is 16.0. The number of hydrogen-bond donors (Lipinski definition) is 0. The number of hydrogen-bond acceptors (Lipinski definition) is 5. The zero-order valence-electron chi connectivity index (χ0n) is 21.6. The van der Waals surface area contributed by atoms with E-state index in [1.807, 2.05) is 0 Å². The molecule has 0 aliphatic heterocycles. The van der Waals surface area contributed by atoms with Crippen molar-refractivity contribution in [1.82, 2.24) is 0 Å². The monoisotopic (exact) mass is 460 g/mol. The molecule has 3 saturated carbocycles. The second-order valence-electron chi connectivity index (χ2n) is 12.2. The Morgan fingerprint density at radius 3 is 2.34 bits per heavy atom. The number of oxime groups is 2. The van der Waals surface area contributed by atoms with E-state index >= 15 is 0 Å². The van der Waals surface area contributed by atoms with Gasteiger partial charge < -0.3 is 14.1 Å². The Labute approximate surface area is 196 Å². The van der Waals surface area contributed by atoms with E-state index in [0.29, 0.717) is 11.3 Å². The molecule has 0 saturated heterocycles. The summed E-state index contributed by atoms with van der Waals surface area (Å²) in [7, 11) is 1.54. The highest BCUT2D eigenvalue weighted by Gasteiger charge is 2.66. The van der Waals surface area contributed by atoms with Gasteiger partial charge in [-0.2, -0.15) is 0 Å². The lowest BCUT2D eigenvalue weighted by molar-refractivity contribution is -0.0886. The molecular weight excluding hydrogens is 416 g/mol. The van der Waals surface area contributed by atoms with Crippen LogP contribution in [0, 0.1) is 28.6 Å². The Balaban J connectivity index is 1.69. The van der Waals surface area contributed by atoms with Crippen molar-refractivity contribution in [3.63, 3.8) is 0 Å². The van der Waals surface area contributed by atoms with E-state index in [4.69, 9.17) is 14.1 Å². The second kappa shape index (κ2) is 8.26. The van der Waals surface area contributed by atoms with Crippen LogP contribution in [-0.4, -0.2) is 39.6 Å². The zero-order chi connectivity index (χ0) is 23.4. The number of rotatable bonds is 5. The predicted octanol–water partition coefficient (Wildman–Crippen LogP) is 6.56. The smallest absolute Gasteiger partial charge is 0.185 e. The normalized spacial score (nSPS) is 43.2. The topological polar surface area (TPSA) is 52.4 Å². The summed E-state index contributed by atoms with van der Waals surface area (Å²) in [5.41, 5.74) is 3.92. The molecule has 4 rings (SSSR count). The van der Waals surface area contributed by atoms with Crippen LogP contribution in [0.25, 0.3) is 0 Å². The van der Waals surface area contributed by atoms with Gasteiger partial charge in [0.2, 0.25) is 0 Å². The molecule has 0 heterocycles. The quantitative estimate of drug-likeness (QED) is 0.265. The summed E-state index contributed by atoms with van der Waals surface area (Å²) in [4.78, 5) is 10.4. The molecule has 4 aliphatic rings. The summed E-state index contributed by atoms with van der Waals surface area (Å²) in [5, 5.41) is 8.75. The maximum atomic E-state index is 7.11. The third-order valence-corrected chi connectivity index (χ3v) is 10.6. The predicted molar refractivity (Wildman–Crippen MR) is 133 cm³/mol. The summed E-state index contributed by atoms with van der Waals surface area (Å²) in [6.45, 7) is 14.2.